The third kappa shape index (κ3) is 3.14. The largest absolute Gasteiger partial charge is 0.295 e. The van der Waals surface area contributed by atoms with Crippen molar-refractivity contribution in [3.63, 3.8) is 0 Å². The maximum atomic E-state index is 11.6. The number of H-pyrrole nitrogens is 1. The summed E-state index contributed by atoms with van der Waals surface area (Å²) in [5, 5.41) is 8.88. The molecule has 0 radical (unpaired) electrons. The molecule has 0 unspecified atom stereocenters. The van der Waals surface area contributed by atoms with Gasteiger partial charge in [-0.1, -0.05) is 24.3 Å². The quantitative estimate of drug-likeness (QED) is 0.839. The molecule has 0 bridgehead atoms. The van der Waals surface area contributed by atoms with E-state index >= 15 is 0 Å². The number of aromatic amines is 1. The lowest BCUT2D eigenvalue weighted by Gasteiger charge is -2.04. The third-order valence-electron chi connectivity index (χ3n) is 2.56. The van der Waals surface area contributed by atoms with Crippen LogP contribution in [-0.2, 0) is 11.2 Å². The monoisotopic (exact) mass is 230 g/mol. The van der Waals surface area contributed by atoms with Gasteiger partial charge in [-0.25, -0.2) is 5.10 Å². The fourth-order valence-electron chi connectivity index (χ4n) is 1.60. The number of rotatable bonds is 4. The summed E-state index contributed by atoms with van der Waals surface area (Å²) >= 11 is 0. The predicted octanol–water partition coefficient (Wildman–Crippen LogP) is 1.68. The molecule has 1 heterocycles. The van der Waals surface area contributed by atoms with Crippen LogP contribution in [0.1, 0.15) is 17.5 Å². The summed E-state index contributed by atoms with van der Waals surface area (Å²) in [7, 11) is 0. The predicted molar refractivity (Wildman–Crippen MR) is 64.5 cm³/mol. The van der Waals surface area contributed by atoms with Crippen molar-refractivity contribution in [2.75, 3.05) is 5.32 Å². The molecule has 2 rings (SSSR count). The summed E-state index contributed by atoms with van der Waals surface area (Å²) in [6, 6.07) is 8.06. The highest BCUT2D eigenvalue weighted by Crippen LogP contribution is 2.09. The van der Waals surface area contributed by atoms with Crippen LogP contribution in [0.3, 0.4) is 0 Å². The minimum Gasteiger partial charge on any atom is -0.295 e. The van der Waals surface area contributed by atoms with Crippen molar-refractivity contribution in [1.29, 1.82) is 0 Å². The Morgan fingerprint density at radius 1 is 1.41 bits per heavy atom. The van der Waals surface area contributed by atoms with Gasteiger partial charge in [-0.2, -0.15) is 10.1 Å². The molecule has 0 aliphatic carbocycles. The number of nitrogens with one attached hydrogen (secondary N) is 2. The molecule has 5 heteroatoms. The Bertz CT molecular complexity index is 493. The molecule has 0 atom stereocenters. The standard InChI is InChI=1S/C12H14N4O/c1-9-4-2-3-5-10(9)6-7-11(17)15-12-13-8-14-16-12/h2-5,8H,6-7H2,1H3,(H2,13,14,15,16,17). The van der Waals surface area contributed by atoms with Gasteiger partial charge in [0.2, 0.25) is 11.9 Å². The molecule has 17 heavy (non-hydrogen) atoms. The highest BCUT2D eigenvalue weighted by atomic mass is 16.1. The fraction of sp³-hybridized carbons (Fsp3) is 0.250. The minimum absolute atomic E-state index is 0.0648. The zero-order valence-electron chi connectivity index (χ0n) is 9.60. The molecule has 0 spiro atoms. The van der Waals surface area contributed by atoms with Gasteiger partial charge in [0.15, 0.2) is 0 Å². The van der Waals surface area contributed by atoms with E-state index < -0.39 is 0 Å². The molecule has 0 saturated heterocycles. The average Bonchev–Trinajstić information content (AvgIpc) is 2.81. The van der Waals surface area contributed by atoms with E-state index in [1.54, 1.807) is 0 Å². The van der Waals surface area contributed by atoms with E-state index in [1.807, 2.05) is 31.2 Å². The van der Waals surface area contributed by atoms with Crippen LogP contribution >= 0.6 is 0 Å². The zero-order chi connectivity index (χ0) is 12.1. The lowest BCUT2D eigenvalue weighted by atomic mass is 10.0. The van der Waals surface area contributed by atoms with Gasteiger partial charge < -0.3 is 0 Å². The maximum Gasteiger partial charge on any atom is 0.227 e. The van der Waals surface area contributed by atoms with Crippen LogP contribution in [0.2, 0.25) is 0 Å². The SMILES string of the molecule is Cc1ccccc1CCC(=O)Nc1ncn[nH]1. The van der Waals surface area contributed by atoms with E-state index in [2.05, 4.69) is 20.5 Å². The number of hydrogen-bond donors (Lipinski definition) is 2. The Balaban J connectivity index is 1.86. The summed E-state index contributed by atoms with van der Waals surface area (Å²) in [4.78, 5) is 15.4. The van der Waals surface area contributed by atoms with Gasteiger partial charge in [0.1, 0.15) is 6.33 Å². The molecule has 5 nitrogen and oxygen atoms in total. The molecule has 1 aromatic heterocycles. The number of benzene rings is 1. The Hall–Kier alpha value is -2.17. The number of amides is 1. The summed E-state index contributed by atoms with van der Waals surface area (Å²) in [6.07, 6.45) is 2.52. The molecular weight excluding hydrogens is 216 g/mol. The van der Waals surface area contributed by atoms with Crippen LogP contribution < -0.4 is 5.32 Å². The number of nitrogens with zero attached hydrogens (tertiary/aromatic N) is 2. The van der Waals surface area contributed by atoms with Crippen LogP contribution in [0.5, 0.6) is 0 Å². The molecular formula is C12H14N4O. The fourth-order valence-corrected chi connectivity index (χ4v) is 1.60. The van der Waals surface area contributed by atoms with Crippen molar-refractivity contribution in [2.24, 2.45) is 0 Å². The van der Waals surface area contributed by atoms with Crippen LogP contribution in [0.4, 0.5) is 5.95 Å². The van der Waals surface area contributed by atoms with Crippen LogP contribution in [0.15, 0.2) is 30.6 Å². The number of aromatic nitrogens is 3. The van der Waals surface area contributed by atoms with Crippen molar-refractivity contribution in [3.8, 4) is 0 Å². The van der Waals surface area contributed by atoms with E-state index in [4.69, 9.17) is 0 Å². The number of carbonyl (C=O) groups excluding carboxylic acids is 1. The summed E-state index contributed by atoms with van der Waals surface area (Å²) in [5.74, 6) is 0.324. The molecule has 0 aliphatic rings. The molecule has 1 amide bonds. The summed E-state index contributed by atoms with van der Waals surface area (Å²) in [6.45, 7) is 2.05. The molecule has 2 N–H and O–H groups in total. The van der Waals surface area contributed by atoms with Gasteiger partial charge in [0.05, 0.1) is 0 Å². The van der Waals surface area contributed by atoms with Crippen molar-refractivity contribution >= 4 is 11.9 Å². The number of aryl methyl sites for hydroxylation is 2. The molecule has 0 fully saturated rings. The van der Waals surface area contributed by atoms with E-state index in [0.29, 0.717) is 12.4 Å². The smallest absolute Gasteiger partial charge is 0.227 e. The van der Waals surface area contributed by atoms with Crippen molar-refractivity contribution in [3.05, 3.63) is 41.7 Å². The average molecular weight is 230 g/mol. The van der Waals surface area contributed by atoms with Gasteiger partial charge in [-0.05, 0) is 24.5 Å². The minimum atomic E-state index is -0.0648. The highest BCUT2D eigenvalue weighted by Gasteiger charge is 2.05. The van der Waals surface area contributed by atoms with Gasteiger partial charge >= 0.3 is 0 Å². The Morgan fingerprint density at radius 2 is 2.24 bits per heavy atom. The van der Waals surface area contributed by atoms with Gasteiger partial charge in [-0.15, -0.1) is 0 Å². The van der Waals surface area contributed by atoms with Crippen LogP contribution in [0, 0.1) is 6.92 Å². The highest BCUT2D eigenvalue weighted by molar-refractivity contribution is 5.88. The van der Waals surface area contributed by atoms with Crippen molar-refractivity contribution in [1.82, 2.24) is 15.2 Å². The first-order valence-electron chi connectivity index (χ1n) is 5.45. The molecule has 88 valence electrons. The number of hydrogen-bond acceptors (Lipinski definition) is 3. The van der Waals surface area contributed by atoms with Crippen LogP contribution in [0.25, 0.3) is 0 Å². The number of anilines is 1. The Labute approximate surface area is 99.3 Å². The second-order valence-electron chi connectivity index (χ2n) is 3.81. The van der Waals surface area contributed by atoms with Gasteiger partial charge in [-0.3, -0.25) is 10.1 Å². The first-order valence-corrected chi connectivity index (χ1v) is 5.45. The van der Waals surface area contributed by atoms with Crippen molar-refractivity contribution < 1.29 is 4.79 Å². The van der Waals surface area contributed by atoms with Gasteiger partial charge in [0, 0.05) is 6.42 Å². The second kappa shape index (κ2) is 5.25. The third-order valence-corrected chi connectivity index (χ3v) is 2.56. The molecule has 0 aliphatic heterocycles. The summed E-state index contributed by atoms with van der Waals surface area (Å²) < 4.78 is 0. The maximum absolute atomic E-state index is 11.6. The van der Waals surface area contributed by atoms with E-state index in [9.17, 15) is 4.79 Å². The van der Waals surface area contributed by atoms with Gasteiger partial charge in [0.25, 0.3) is 0 Å². The van der Waals surface area contributed by atoms with Crippen LogP contribution in [-0.4, -0.2) is 21.1 Å². The lowest BCUT2D eigenvalue weighted by Crippen LogP contribution is -2.13. The normalized spacial score (nSPS) is 10.2. The van der Waals surface area contributed by atoms with E-state index in [0.717, 1.165) is 6.42 Å². The first kappa shape index (κ1) is 11.3. The Morgan fingerprint density at radius 3 is 2.94 bits per heavy atom. The molecule has 2 aromatic rings. The van der Waals surface area contributed by atoms with E-state index in [-0.39, 0.29) is 5.91 Å². The van der Waals surface area contributed by atoms with E-state index in [1.165, 1.54) is 17.5 Å². The first-order chi connectivity index (χ1) is 8.25. The topological polar surface area (TPSA) is 70.7 Å². The number of carbonyl (C=O) groups is 1. The molecule has 0 saturated carbocycles. The lowest BCUT2D eigenvalue weighted by molar-refractivity contribution is -0.116. The van der Waals surface area contributed by atoms with Crippen molar-refractivity contribution in [2.45, 2.75) is 19.8 Å². The molecule has 1 aromatic carbocycles. The Kier molecular flexibility index (Phi) is 3.49. The zero-order valence-corrected chi connectivity index (χ0v) is 9.60. The second-order valence-corrected chi connectivity index (χ2v) is 3.81. The summed E-state index contributed by atoms with van der Waals surface area (Å²) in [5.41, 5.74) is 2.40.